The second kappa shape index (κ2) is 10.7. The lowest BCUT2D eigenvalue weighted by Crippen LogP contribution is -2.27. The van der Waals surface area contributed by atoms with Gasteiger partial charge in [0.1, 0.15) is 5.58 Å². The van der Waals surface area contributed by atoms with Crippen molar-refractivity contribution in [2.24, 2.45) is 9.98 Å². The van der Waals surface area contributed by atoms with Crippen molar-refractivity contribution in [3.8, 4) is 11.3 Å². The highest BCUT2D eigenvalue weighted by molar-refractivity contribution is 6.20. The van der Waals surface area contributed by atoms with Gasteiger partial charge >= 0.3 is 0 Å². The van der Waals surface area contributed by atoms with Gasteiger partial charge in [-0.15, -0.1) is 0 Å². The van der Waals surface area contributed by atoms with Crippen LogP contribution in [0.25, 0.3) is 33.3 Å². The van der Waals surface area contributed by atoms with Crippen LogP contribution in [-0.2, 0) is 6.42 Å². The Balaban J connectivity index is 1.41. The van der Waals surface area contributed by atoms with Crippen LogP contribution in [0.2, 0.25) is 0 Å². The fourth-order valence-electron chi connectivity index (χ4n) is 7.57. The van der Waals surface area contributed by atoms with E-state index >= 15 is 0 Å². The topological polar surface area (TPSA) is 50.8 Å². The van der Waals surface area contributed by atoms with Gasteiger partial charge in [0, 0.05) is 45.5 Å². The van der Waals surface area contributed by atoms with Gasteiger partial charge in [0.15, 0.2) is 0 Å². The number of aromatic nitrogens is 1. The SMILES string of the molecule is C=CC1=NC2CC(=C)N=C(C=C)c3c(cc(C)c4c3oc3nc(-c5c(C)cc(C)cc5C)ccc34)CCC2c2ccccc21. The molecule has 4 nitrogen and oxygen atoms in total. The normalized spacial score (nSPS) is 18.2. The summed E-state index contributed by atoms with van der Waals surface area (Å²) in [5.74, 6) is 0.247. The maximum absolute atomic E-state index is 6.72. The predicted molar refractivity (Wildman–Crippen MR) is 184 cm³/mol. The standard InChI is InChI=1S/C40H37N3O/c1-8-32-29-13-11-10-12-28(29)30-15-14-27-20-25(6)37-31-16-17-34(36-23(4)18-22(3)19-24(36)5)43-40(31)44-39(37)38(27)33(9-2)41-26(7)21-35(30)42-32/h8-13,16-20,30,35H,1-2,7,14-15,21H2,3-6H3. The molecule has 4 heteroatoms. The summed E-state index contributed by atoms with van der Waals surface area (Å²) in [6.45, 7) is 21.2. The first-order chi connectivity index (χ1) is 21.3. The number of pyridine rings is 1. The van der Waals surface area contributed by atoms with Crippen molar-refractivity contribution in [2.75, 3.05) is 0 Å². The van der Waals surface area contributed by atoms with E-state index in [0.717, 1.165) is 63.1 Å². The summed E-state index contributed by atoms with van der Waals surface area (Å²) < 4.78 is 6.72. The van der Waals surface area contributed by atoms with Gasteiger partial charge in [-0.1, -0.05) is 67.8 Å². The number of nitrogens with zero attached hydrogens (tertiary/aromatic N) is 3. The van der Waals surface area contributed by atoms with Crippen LogP contribution >= 0.6 is 0 Å². The molecule has 0 aliphatic carbocycles. The lowest BCUT2D eigenvalue weighted by molar-refractivity contribution is 0.490. The van der Waals surface area contributed by atoms with Gasteiger partial charge in [-0.05, 0) is 92.6 Å². The summed E-state index contributed by atoms with van der Waals surface area (Å²) in [7, 11) is 0. The molecular weight excluding hydrogens is 538 g/mol. The number of rotatable bonds is 3. The molecule has 0 spiro atoms. The van der Waals surface area contributed by atoms with Crippen LogP contribution in [0.15, 0.2) is 107 Å². The van der Waals surface area contributed by atoms with E-state index < -0.39 is 0 Å². The summed E-state index contributed by atoms with van der Waals surface area (Å²) in [5.41, 5.74) is 15.6. The van der Waals surface area contributed by atoms with Crippen LogP contribution in [0.5, 0.6) is 0 Å². The number of aliphatic imine (C=N–C) groups is 2. The van der Waals surface area contributed by atoms with Crippen LogP contribution < -0.4 is 0 Å². The van der Waals surface area contributed by atoms with Gasteiger partial charge in [0.05, 0.1) is 23.2 Å². The highest BCUT2D eigenvalue weighted by Crippen LogP contribution is 2.41. The van der Waals surface area contributed by atoms with Crippen molar-refractivity contribution < 1.29 is 4.42 Å². The third-order valence-electron chi connectivity index (χ3n) is 9.32. The van der Waals surface area contributed by atoms with Crippen molar-refractivity contribution in [3.05, 3.63) is 137 Å². The van der Waals surface area contributed by atoms with Crippen LogP contribution in [-0.4, -0.2) is 22.4 Å². The Bertz CT molecular complexity index is 2080. The first kappa shape index (κ1) is 28.0. The van der Waals surface area contributed by atoms with E-state index in [1.165, 1.54) is 38.9 Å². The molecule has 2 aliphatic rings. The lowest BCUT2D eigenvalue weighted by Gasteiger charge is -2.32. The highest BCUT2D eigenvalue weighted by atomic mass is 16.3. The first-order valence-electron chi connectivity index (χ1n) is 15.4. The quantitative estimate of drug-likeness (QED) is 0.215. The van der Waals surface area contributed by atoms with E-state index in [1.807, 2.05) is 12.2 Å². The van der Waals surface area contributed by atoms with Gasteiger partial charge in [-0.25, -0.2) is 4.98 Å². The molecule has 218 valence electrons. The van der Waals surface area contributed by atoms with E-state index in [4.69, 9.17) is 19.4 Å². The lowest BCUT2D eigenvalue weighted by atomic mass is 9.78. The molecule has 0 radical (unpaired) electrons. The van der Waals surface area contributed by atoms with E-state index in [9.17, 15) is 0 Å². The minimum absolute atomic E-state index is 0.0501. The molecule has 2 aromatic heterocycles. The van der Waals surface area contributed by atoms with Crippen LogP contribution in [0.1, 0.15) is 63.3 Å². The van der Waals surface area contributed by atoms with Gasteiger partial charge < -0.3 is 4.42 Å². The third-order valence-corrected chi connectivity index (χ3v) is 9.32. The fraction of sp³-hybridized carbons (Fsp3) is 0.225. The number of allylic oxidation sites excluding steroid dienone is 2. The Morgan fingerprint density at radius 2 is 1.61 bits per heavy atom. The Morgan fingerprint density at radius 1 is 0.864 bits per heavy atom. The third kappa shape index (κ3) is 4.48. The van der Waals surface area contributed by atoms with Crippen molar-refractivity contribution in [3.63, 3.8) is 0 Å². The minimum Gasteiger partial charge on any atom is -0.437 e. The van der Waals surface area contributed by atoms with Crippen molar-refractivity contribution in [1.82, 2.24) is 4.98 Å². The van der Waals surface area contributed by atoms with Gasteiger partial charge in [0.2, 0.25) is 5.71 Å². The second-order valence-corrected chi connectivity index (χ2v) is 12.3. The molecule has 7 rings (SSSR count). The molecule has 0 N–H and O–H groups in total. The molecule has 0 amide bonds. The summed E-state index contributed by atoms with van der Waals surface area (Å²) in [6.07, 6.45) is 6.17. The molecule has 0 bridgehead atoms. The number of benzene rings is 3. The second-order valence-electron chi connectivity index (χ2n) is 12.3. The Morgan fingerprint density at radius 3 is 2.36 bits per heavy atom. The Labute approximate surface area is 259 Å². The average Bonchev–Trinajstić information content (AvgIpc) is 3.38. The van der Waals surface area contributed by atoms with Crippen molar-refractivity contribution in [2.45, 2.75) is 58.9 Å². The van der Waals surface area contributed by atoms with E-state index in [2.05, 4.69) is 102 Å². The number of hydrogen-bond acceptors (Lipinski definition) is 4. The monoisotopic (exact) mass is 575 g/mol. The van der Waals surface area contributed by atoms with Crippen LogP contribution in [0.4, 0.5) is 0 Å². The summed E-state index contributed by atoms with van der Waals surface area (Å²) >= 11 is 0. The van der Waals surface area contributed by atoms with Crippen molar-refractivity contribution >= 4 is 33.5 Å². The molecule has 0 fully saturated rings. The molecule has 2 aliphatic heterocycles. The fourth-order valence-corrected chi connectivity index (χ4v) is 7.57. The molecule has 44 heavy (non-hydrogen) atoms. The summed E-state index contributed by atoms with van der Waals surface area (Å²) in [6, 6.07) is 19.7. The first-order valence-corrected chi connectivity index (χ1v) is 15.4. The molecule has 4 heterocycles. The predicted octanol–water partition coefficient (Wildman–Crippen LogP) is 9.85. The summed E-state index contributed by atoms with van der Waals surface area (Å²) in [5, 5.41) is 2.09. The number of hydrogen-bond donors (Lipinski definition) is 0. The molecule has 5 aromatic rings. The van der Waals surface area contributed by atoms with Gasteiger partial charge in [-0.2, -0.15) is 0 Å². The van der Waals surface area contributed by atoms with Crippen LogP contribution in [0, 0.1) is 27.7 Å². The maximum atomic E-state index is 6.72. The zero-order valence-electron chi connectivity index (χ0n) is 26.0. The number of furan rings is 1. The van der Waals surface area contributed by atoms with E-state index in [1.54, 1.807) is 0 Å². The molecule has 2 atom stereocenters. The van der Waals surface area contributed by atoms with Crippen LogP contribution in [0.3, 0.4) is 0 Å². The highest BCUT2D eigenvalue weighted by Gasteiger charge is 2.32. The van der Waals surface area contributed by atoms with Crippen molar-refractivity contribution in [1.29, 1.82) is 0 Å². The van der Waals surface area contributed by atoms with E-state index in [-0.39, 0.29) is 12.0 Å². The Hall–Kier alpha value is -4.83. The van der Waals surface area contributed by atoms with Gasteiger partial charge in [0.25, 0.3) is 0 Å². The minimum atomic E-state index is 0.0501. The number of aryl methyl sites for hydroxylation is 5. The average molecular weight is 576 g/mol. The molecule has 2 unspecified atom stereocenters. The zero-order chi connectivity index (χ0) is 30.7. The molecular formula is C40H37N3O. The molecule has 3 aromatic carbocycles. The summed E-state index contributed by atoms with van der Waals surface area (Å²) in [4.78, 5) is 15.3. The maximum Gasteiger partial charge on any atom is 0.227 e. The van der Waals surface area contributed by atoms with E-state index in [0.29, 0.717) is 12.1 Å². The number of fused-ring (bicyclic) bond motifs is 8. The Kier molecular flexibility index (Phi) is 6.81. The molecule has 0 saturated heterocycles. The van der Waals surface area contributed by atoms with Gasteiger partial charge in [-0.3, -0.25) is 9.98 Å². The molecule has 0 saturated carbocycles. The zero-order valence-corrected chi connectivity index (χ0v) is 26.0. The largest absolute Gasteiger partial charge is 0.437 e. The smallest absolute Gasteiger partial charge is 0.227 e.